The first-order valence-electron chi connectivity index (χ1n) is 5.39. The highest BCUT2D eigenvalue weighted by Gasteiger charge is 2.22. The second-order valence-electron chi connectivity index (χ2n) is 3.78. The molecule has 0 saturated carbocycles. The van der Waals surface area contributed by atoms with E-state index in [9.17, 15) is 14.9 Å². The quantitative estimate of drug-likeness (QED) is 0.644. The Hall–Kier alpha value is -2.19. The molecular weight excluding hydrogens is 367 g/mol. The molecule has 0 aliphatic rings. The Labute approximate surface area is 131 Å². The van der Waals surface area contributed by atoms with Crippen LogP contribution in [0.15, 0.2) is 34.9 Å². The number of nitrogens with zero attached hydrogens (tertiary/aromatic N) is 2. The zero-order valence-electron chi connectivity index (χ0n) is 10.1. The van der Waals surface area contributed by atoms with E-state index in [-0.39, 0.29) is 16.7 Å². The van der Waals surface area contributed by atoms with Gasteiger partial charge in [0.25, 0.3) is 0 Å². The molecule has 0 unspecified atom stereocenters. The molecule has 1 aromatic carbocycles. The van der Waals surface area contributed by atoms with E-state index in [0.717, 1.165) is 16.7 Å². The average Bonchev–Trinajstić information content (AvgIpc) is 2.41. The van der Waals surface area contributed by atoms with Crippen LogP contribution in [0.3, 0.4) is 0 Å². The van der Waals surface area contributed by atoms with Crippen LogP contribution in [0.5, 0.6) is 11.6 Å². The number of nitro groups is 1. The number of benzene rings is 1. The minimum Gasteiger partial charge on any atom is -0.477 e. The van der Waals surface area contributed by atoms with Crippen molar-refractivity contribution in [2.45, 2.75) is 0 Å². The summed E-state index contributed by atoms with van der Waals surface area (Å²) in [6.45, 7) is 0. The molecule has 1 aromatic heterocycles. The Morgan fingerprint density at radius 3 is 2.71 bits per heavy atom. The first-order chi connectivity index (χ1) is 9.88. The third-order valence-electron chi connectivity index (χ3n) is 2.39. The molecule has 0 radical (unpaired) electrons. The molecule has 0 bridgehead atoms. The summed E-state index contributed by atoms with van der Waals surface area (Å²) in [7, 11) is 0. The van der Waals surface area contributed by atoms with Crippen LogP contribution in [-0.2, 0) is 0 Å². The molecular formula is C12H6BrClN2O5. The van der Waals surface area contributed by atoms with Gasteiger partial charge in [0.15, 0.2) is 0 Å². The van der Waals surface area contributed by atoms with Gasteiger partial charge in [-0.05, 0) is 18.2 Å². The molecule has 7 nitrogen and oxygen atoms in total. The highest BCUT2D eigenvalue weighted by atomic mass is 79.9. The lowest BCUT2D eigenvalue weighted by Gasteiger charge is -2.07. The summed E-state index contributed by atoms with van der Waals surface area (Å²) >= 11 is 9.19. The maximum absolute atomic E-state index is 11.0. The van der Waals surface area contributed by atoms with Crippen molar-refractivity contribution in [3.63, 3.8) is 0 Å². The molecule has 1 N–H and O–H groups in total. The SMILES string of the molecule is O=C(O)c1cc(Oc2ccc(Br)cc2Cl)ncc1[N+](=O)[O-]. The number of aromatic carboxylic acids is 1. The third kappa shape index (κ3) is 3.47. The first kappa shape index (κ1) is 15.2. The lowest BCUT2D eigenvalue weighted by atomic mass is 10.2. The van der Waals surface area contributed by atoms with Crippen molar-refractivity contribution >= 4 is 39.2 Å². The molecule has 0 atom stereocenters. The maximum atomic E-state index is 11.0. The normalized spacial score (nSPS) is 10.2. The van der Waals surface area contributed by atoms with Crippen LogP contribution in [0, 0.1) is 10.1 Å². The number of pyridine rings is 1. The van der Waals surface area contributed by atoms with Gasteiger partial charge < -0.3 is 9.84 Å². The smallest absolute Gasteiger partial charge is 0.342 e. The molecule has 0 saturated heterocycles. The minimum absolute atomic E-state index is 0.109. The van der Waals surface area contributed by atoms with Crippen molar-refractivity contribution in [1.82, 2.24) is 4.98 Å². The number of halogens is 2. The number of carboxylic acid groups (broad SMARTS) is 1. The summed E-state index contributed by atoms with van der Waals surface area (Å²) in [5.74, 6) is -1.31. The van der Waals surface area contributed by atoms with Crippen molar-refractivity contribution in [2.24, 2.45) is 0 Å². The summed E-state index contributed by atoms with van der Waals surface area (Å²) in [5, 5.41) is 20.0. The number of ether oxygens (including phenoxy) is 1. The van der Waals surface area contributed by atoms with Crippen molar-refractivity contribution in [2.75, 3.05) is 0 Å². The van der Waals surface area contributed by atoms with Gasteiger partial charge in [0, 0.05) is 10.5 Å². The molecule has 0 fully saturated rings. The molecule has 2 rings (SSSR count). The van der Waals surface area contributed by atoms with Gasteiger partial charge in [0.1, 0.15) is 17.5 Å². The largest absolute Gasteiger partial charge is 0.477 e. The van der Waals surface area contributed by atoms with Gasteiger partial charge in [-0.3, -0.25) is 10.1 Å². The van der Waals surface area contributed by atoms with Gasteiger partial charge >= 0.3 is 11.7 Å². The molecule has 0 amide bonds. The van der Waals surface area contributed by atoms with Crippen molar-refractivity contribution in [1.29, 1.82) is 0 Å². The summed E-state index contributed by atoms with van der Waals surface area (Å²) in [5.41, 5.74) is -1.13. The predicted molar refractivity (Wildman–Crippen MR) is 77.1 cm³/mol. The second kappa shape index (κ2) is 6.06. The van der Waals surface area contributed by atoms with Gasteiger partial charge in [-0.1, -0.05) is 27.5 Å². The summed E-state index contributed by atoms with van der Waals surface area (Å²) in [6.07, 6.45) is 0.825. The molecule has 108 valence electrons. The molecule has 9 heteroatoms. The van der Waals surface area contributed by atoms with E-state index in [4.69, 9.17) is 21.4 Å². The zero-order chi connectivity index (χ0) is 15.6. The highest BCUT2D eigenvalue weighted by Crippen LogP contribution is 2.32. The first-order valence-corrected chi connectivity index (χ1v) is 6.56. The van der Waals surface area contributed by atoms with Crippen LogP contribution in [0.25, 0.3) is 0 Å². The van der Waals surface area contributed by atoms with Crippen molar-refractivity contribution in [3.05, 3.63) is 55.6 Å². The molecule has 2 aromatic rings. The number of carbonyl (C=O) groups is 1. The minimum atomic E-state index is -1.45. The van der Waals surface area contributed by atoms with Crippen LogP contribution < -0.4 is 4.74 Å². The fourth-order valence-electron chi connectivity index (χ4n) is 1.47. The summed E-state index contributed by atoms with van der Waals surface area (Å²) in [6, 6.07) is 5.78. The van der Waals surface area contributed by atoms with Gasteiger partial charge in [-0.15, -0.1) is 0 Å². The van der Waals surface area contributed by atoms with Crippen LogP contribution in [0.4, 0.5) is 5.69 Å². The topological polar surface area (TPSA) is 103 Å². The van der Waals surface area contributed by atoms with E-state index in [2.05, 4.69) is 20.9 Å². The van der Waals surface area contributed by atoms with E-state index in [1.54, 1.807) is 18.2 Å². The average molecular weight is 374 g/mol. The summed E-state index contributed by atoms with van der Waals surface area (Å²) in [4.78, 5) is 24.6. The molecule has 1 heterocycles. The van der Waals surface area contributed by atoms with Crippen LogP contribution >= 0.6 is 27.5 Å². The fourth-order valence-corrected chi connectivity index (χ4v) is 2.18. The van der Waals surface area contributed by atoms with Crippen LogP contribution in [0.2, 0.25) is 5.02 Å². The van der Waals surface area contributed by atoms with Crippen molar-refractivity contribution in [3.8, 4) is 11.6 Å². The van der Waals surface area contributed by atoms with Crippen molar-refractivity contribution < 1.29 is 19.6 Å². The van der Waals surface area contributed by atoms with Gasteiger partial charge in [-0.2, -0.15) is 0 Å². The maximum Gasteiger partial charge on any atom is 0.342 e. The van der Waals surface area contributed by atoms with E-state index < -0.39 is 22.1 Å². The number of hydrogen-bond acceptors (Lipinski definition) is 5. The van der Waals surface area contributed by atoms with E-state index in [1.165, 1.54) is 0 Å². The number of rotatable bonds is 4. The Kier molecular flexibility index (Phi) is 4.39. The predicted octanol–water partition coefficient (Wildman–Crippen LogP) is 3.90. The Morgan fingerprint density at radius 1 is 1.43 bits per heavy atom. The number of carboxylic acids is 1. The third-order valence-corrected chi connectivity index (χ3v) is 3.18. The Balaban J connectivity index is 2.39. The molecule has 0 aliphatic heterocycles. The van der Waals surface area contributed by atoms with Gasteiger partial charge in [0.05, 0.1) is 9.95 Å². The molecule has 0 aliphatic carbocycles. The van der Waals surface area contributed by atoms with E-state index in [1.807, 2.05) is 0 Å². The lowest BCUT2D eigenvalue weighted by molar-refractivity contribution is -0.385. The monoisotopic (exact) mass is 372 g/mol. The van der Waals surface area contributed by atoms with Gasteiger partial charge in [-0.25, -0.2) is 9.78 Å². The second-order valence-corrected chi connectivity index (χ2v) is 5.10. The zero-order valence-corrected chi connectivity index (χ0v) is 12.5. The Morgan fingerprint density at radius 2 is 2.14 bits per heavy atom. The highest BCUT2D eigenvalue weighted by molar-refractivity contribution is 9.10. The van der Waals surface area contributed by atoms with Crippen LogP contribution in [0.1, 0.15) is 10.4 Å². The summed E-state index contributed by atoms with van der Waals surface area (Å²) < 4.78 is 6.08. The van der Waals surface area contributed by atoms with E-state index >= 15 is 0 Å². The number of hydrogen-bond donors (Lipinski definition) is 1. The molecule has 0 spiro atoms. The molecule has 21 heavy (non-hydrogen) atoms. The lowest BCUT2D eigenvalue weighted by Crippen LogP contribution is -2.04. The van der Waals surface area contributed by atoms with Gasteiger partial charge in [0.2, 0.25) is 5.88 Å². The van der Waals surface area contributed by atoms with E-state index in [0.29, 0.717) is 0 Å². The Bertz CT molecular complexity index is 738. The standard InChI is InChI=1S/C12H6BrClN2O5/c13-6-1-2-10(8(14)3-6)21-11-4-7(12(17)18)9(5-15-11)16(19)20/h1-5H,(H,17,18). The van der Waals surface area contributed by atoms with Crippen LogP contribution in [-0.4, -0.2) is 21.0 Å². The fraction of sp³-hybridized carbons (Fsp3) is 0. The number of aromatic nitrogens is 1.